The maximum Gasteiger partial charge on any atom is 0.408 e. The summed E-state index contributed by atoms with van der Waals surface area (Å²) >= 11 is 0. The van der Waals surface area contributed by atoms with E-state index in [4.69, 9.17) is 4.74 Å². The number of aliphatic carboxylic acids is 1. The van der Waals surface area contributed by atoms with Crippen LogP contribution in [-0.2, 0) is 24.2 Å². The minimum Gasteiger partial charge on any atom is -0.480 e. The Labute approximate surface area is 202 Å². The number of benzene rings is 2. The van der Waals surface area contributed by atoms with Crippen molar-refractivity contribution in [1.29, 1.82) is 0 Å². The molecule has 3 unspecified atom stereocenters. The van der Waals surface area contributed by atoms with Crippen molar-refractivity contribution in [2.24, 2.45) is 0 Å². The van der Waals surface area contributed by atoms with Gasteiger partial charge in [0.05, 0.1) is 22.7 Å². The number of carbonyl (C=O) groups excluding carboxylic acids is 2. The van der Waals surface area contributed by atoms with E-state index in [0.717, 1.165) is 6.07 Å². The smallest absolute Gasteiger partial charge is 0.408 e. The summed E-state index contributed by atoms with van der Waals surface area (Å²) in [4.78, 5) is 37.4. The summed E-state index contributed by atoms with van der Waals surface area (Å²) in [6, 6.07) is 11.3. The zero-order chi connectivity index (χ0) is 26.0. The molecule has 1 amide bonds. The molecule has 0 bridgehead atoms. The predicted molar refractivity (Wildman–Crippen MR) is 124 cm³/mol. The number of alkyl carbamates (subject to hydrolysis) is 1. The Balaban J connectivity index is 2.01. The molecule has 0 radical (unpaired) electrons. The van der Waals surface area contributed by atoms with Crippen LogP contribution in [-0.4, -0.2) is 54.3 Å². The van der Waals surface area contributed by atoms with E-state index in [9.17, 15) is 32.3 Å². The first-order chi connectivity index (χ1) is 16.3. The summed E-state index contributed by atoms with van der Waals surface area (Å²) in [5.41, 5.74) is -3.34. The number of carboxylic acid groups (broad SMARTS) is 1. The first-order valence-electron chi connectivity index (χ1n) is 10.8. The number of hydrogen-bond donors (Lipinski definition) is 3. The number of halogens is 1. The first-order valence-corrected chi connectivity index (χ1v) is 12.4. The van der Waals surface area contributed by atoms with E-state index >= 15 is 0 Å². The molecule has 0 saturated carbocycles. The molecule has 35 heavy (non-hydrogen) atoms. The highest BCUT2D eigenvalue weighted by Crippen LogP contribution is 2.41. The lowest BCUT2D eigenvalue weighted by atomic mass is 9.91. The lowest BCUT2D eigenvalue weighted by Gasteiger charge is -2.25. The maximum atomic E-state index is 14.7. The molecular weight excluding hydrogens is 479 g/mol. The molecule has 2 aromatic rings. The van der Waals surface area contributed by atoms with Gasteiger partial charge in [-0.25, -0.2) is 22.4 Å². The molecule has 0 aromatic heterocycles. The van der Waals surface area contributed by atoms with Crippen LogP contribution < -0.4 is 10.6 Å². The Morgan fingerprint density at radius 3 is 2.29 bits per heavy atom. The molecule has 3 atom stereocenters. The molecule has 1 aliphatic rings. The lowest BCUT2D eigenvalue weighted by molar-refractivity contribution is -0.149. The van der Waals surface area contributed by atoms with E-state index in [1.54, 1.807) is 26.8 Å². The summed E-state index contributed by atoms with van der Waals surface area (Å²) in [5.74, 6) is -3.39. The highest BCUT2D eigenvalue weighted by Gasteiger charge is 2.59. The monoisotopic (exact) mass is 506 g/mol. The van der Waals surface area contributed by atoms with Gasteiger partial charge in [0.15, 0.2) is 21.2 Å². The predicted octanol–water partition coefficient (Wildman–Crippen LogP) is 2.62. The van der Waals surface area contributed by atoms with Crippen molar-refractivity contribution in [2.45, 2.75) is 54.5 Å². The number of Topliss-reactive ketones (excluding diaryl/α,β-unsaturated/α-hetero) is 1. The summed E-state index contributed by atoms with van der Waals surface area (Å²) in [7, 11) is -4.20. The Morgan fingerprint density at radius 1 is 1.11 bits per heavy atom. The van der Waals surface area contributed by atoms with Crippen molar-refractivity contribution in [3.05, 3.63) is 66.0 Å². The van der Waals surface area contributed by atoms with Gasteiger partial charge in [-0.3, -0.25) is 10.1 Å². The van der Waals surface area contributed by atoms with Gasteiger partial charge in [-0.05, 0) is 39.0 Å². The number of nitrogens with one attached hydrogen (secondary N) is 2. The van der Waals surface area contributed by atoms with E-state index in [1.807, 2.05) is 0 Å². The Hall–Kier alpha value is -3.31. The second-order valence-electron chi connectivity index (χ2n) is 9.23. The zero-order valence-corrected chi connectivity index (χ0v) is 20.3. The summed E-state index contributed by atoms with van der Waals surface area (Å²) in [6.45, 7) is 4.10. The quantitative estimate of drug-likeness (QED) is 0.487. The van der Waals surface area contributed by atoms with Gasteiger partial charge in [-0.2, -0.15) is 0 Å². The van der Waals surface area contributed by atoms with Crippen LogP contribution in [0, 0.1) is 5.82 Å². The van der Waals surface area contributed by atoms with Gasteiger partial charge in [0.25, 0.3) is 0 Å². The Kier molecular flexibility index (Phi) is 7.32. The normalized spacial score (nSPS) is 22.4. The fourth-order valence-corrected chi connectivity index (χ4v) is 5.92. The molecule has 0 spiro atoms. The number of ether oxygens (including phenoxy) is 1. The van der Waals surface area contributed by atoms with Crippen LogP contribution in [0.3, 0.4) is 0 Å². The topological polar surface area (TPSA) is 139 Å². The fourth-order valence-electron chi connectivity index (χ4n) is 4.00. The number of carbonyl (C=O) groups is 3. The largest absolute Gasteiger partial charge is 0.480 e. The number of carboxylic acids is 1. The van der Waals surface area contributed by atoms with Gasteiger partial charge >= 0.3 is 12.1 Å². The molecule has 1 saturated heterocycles. The number of rotatable bonds is 7. The molecule has 9 nitrogen and oxygen atoms in total. The minimum absolute atomic E-state index is 0.0892. The van der Waals surface area contributed by atoms with Gasteiger partial charge in [0, 0.05) is 12.0 Å². The number of amides is 1. The fraction of sp³-hybridized carbons (Fsp3) is 0.375. The van der Waals surface area contributed by atoms with Gasteiger partial charge in [0.1, 0.15) is 11.4 Å². The van der Waals surface area contributed by atoms with E-state index in [2.05, 4.69) is 10.6 Å². The standard InChI is InChI=1S/C24H27FN2O7S/c1-23(2,3)34-22(31)26-14-19(28)24(21(29)30)13-18(35(32,33)15-9-5-4-6-10-15)20(27-24)16-11-7-8-12-17(16)25/h4-12,18,20,27H,13-14H2,1-3H3,(H,26,31)(H,29,30). The summed E-state index contributed by atoms with van der Waals surface area (Å²) < 4.78 is 46.9. The molecule has 1 heterocycles. The van der Waals surface area contributed by atoms with Crippen LogP contribution >= 0.6 is 0 Å². The molecule has 11 heteroatoms. The zero-order valence-electron chi connectivity index (χ0n) is 19.4. The third-order valence-electron chi connectivity index (χ3n) is 5.62. The summed E-state index contributed by atoms with van der Waals surface area (Å²) in [6.07, 6.45) is -1.61. The van der Waals surface area contributed by atoms with Crippen molar-refractivity contribution in [1.82, 2.24) is 10.6 Å². The second kappa shape index (κ2) is 9.74. The van der Waals surface area contributed by atoms with E-state index in [-0.39, 0.29) is 10.5 Å². The molecule has 188 valence electrons. The highest BCUT2D eigenvalue weighted by molar-refractivity contribution is 7.92. The Bertz CT molecular complexity index is 1230. The van der Waals surface area contributed by atoms with E-state index in [0.29, 0.717) is 0 Å². The molecule has 2 aromatic carbocycles. The number of hydrogen-bond acceptors (Lipinski definition) is 7. The van der Waals surface area contributed by atoms with Crippen molar-refractivity contribution in [2.75, 3.05) is 6.54 Å². The van der Waals surface area contributed by atoms with Crippen molar-refractivity contribution >= 4 is 27.7 Å². The van der Waals surface area contributed by atoms with Crippen molar-refractivity contribution in [3.63, 3.8) is 0 Å². The van der Waals surface area contributed by atoms with Gasteiger partial charge in [-0.1, -0.05) is 36.4 Å². The first kappa shape index (κ1) is 26.3. The molecule has 1 aliphatic heterocycles. The maximum absolute atomic E-state index is 14.7. The van der Waals surface area contributed by atoms with Crippen LogP contribution in [0.25, 0.3) is 0 Å². The lowest BCUT2D eigenvalue weighted by Crippen LogP contribution is -2.58. The Morgan fingerprint density at radius 2 is 1.71 bits per heavy atom. The van der Waals surface area contributed by atoms with Crippen LogP contribution in [0.1, 0.15) is 38.8 Å². The van der Waals surface area contributed by atoms with Gasteiger partial charge in [0.2, 0.25) is 0 Å². The van der Waals surface area contributed by atoms with Crippen LogP contribution in [0.2, 0.25) is 0 Å². The summed E-state index contributed by atoms with van der Waals surface area (Å²) in [5, 5.41) is 13.4. The molecular formula is C24H27FN2O7S. The van der Waals surface area contributed by atoms with Crippen molar-refractivity contribution in [3.8, 4) is 0 Å². The highest BCUT2D eigenvalue weighted by atomic mass is 32.2. The van der Waals surface area contributed by atoms with Crippen molar-refractivity contribution < 1.29 is 37.0 Å². The van der Waals surface area contributed by atoms with E-state index < -0.39 is 68.9 Å². The number of sulfone groups is 1. The van der Waals surface area contributed by atoms with Gasteiger partial charge < -0.3 is 15.2 Å². The number of ketones is 1. The second-order valence-corrected chi connectivity index (χ2v) is 11.4. The van der Waals surface area contributed by atoms with Crippen LogP contribution in [0.4, 0.5) is 9.18 Å². The third kappa shape index (κ3) is 5.51. The van der Waals surface area contributed by atoms with E-state index in [1.165, 1.54) is 42.5 Å². The SMILES string of the molecule is CC(C)(C)OC(=O)NCC(=O)C1(C(=O)O)CC(S(=O)(=O)c2ccccc2)C(c2ccccc2F)N1. The van der Waals surface area contributed by atoms with Gasteiger partial charge in [-0.15, -0.1) is 0 Å². The van der Waals surface area contributed by atoms with Crippen LogP contribution in [0.5, 0.6) is 0 Å². The molecule has 3 rings (SSSR count). The van der Waals surface area contributed by atoms with Crippen LogP contribution in [0.15, 0.2) is 59.5 Å². The molecule has 1 fully saturated rings. The average Bonchev–Trinajstić information content (AvgIpc) is 3.20. The third-order valence-corrected chi connectivity index (χ3v) is 7.79. The minimum atomic E-state index is -4.20. The molecule has 3 N–H and O–H groups in total. The average molecular weight is 507 g/mol. The molecule has 0 aliphatic carbocycles.